The monoisotopic (exact) mass is 280 g/mol. The van der Waals surface area contributed by atoms with Crippen molar-refractivity contribution in [1.82, 2.24) is 0 Å². The molecule has 0 unspecified atom stereocenters. The van der Waals surface area contributed by atoms with Gasteiger partial charge in [-0.1, -0.05) is 23.4 Å². The fraction of sp³-hybridized carbons (Fsp3) is 0.300. The van der Waals surface area contributed by atoms with E-state index in [1.54, 1.807) is 0 Å². The van der Waals surface area contributed by atoms with Crippen LogP contribution in [0.2, 0.25) is 5.02 Å². The lowest BCUT2D eigenvalue weighted by atomic mass is 10.2. The number of hydrogen-bond acceptors (Lipinski definition) is 3. The average molecular weight is 281 g/mol. The molecule has 2 rings (SSSR count). The number of aliphatic imine (C=N–C) groups is 1. The molecule has 1 aromatic carbocycles. The lowest BCUT2D eigenvalue weighted by Gasteiger charge is -2.11. The van der Waals surface area contributed by atoms with E-state index in [0.717, 1.165) is 11.8 Å². The third-order valence-electron chi connectivity index (χ3n) is 2.11. The Morgan fingerprint density at radius 2 is 2.12 bits per heavy atom. The molecule has 0 radical (unpaired) electrons. The van der Waals surface area contributed by atoms with Gasteiger partial charge in [0, 0.05) is 11.4 Å². The number of halogens is 4. The van der Waals surface area contributed by atoms with Crippen LogP contribution in [-0.2, 0) is 6.18 Å². The van der Waals surface area contributed by atoms with Crippen molar-refractivity contribution in [2.24, 2.45) is 4.99 Å². The summed E-state index contributed by atoms with van der Waals surface area (Å²) in [4.78, 5) is 4.10. The van der Waals surface area contributed by atoms with Crippen molar-refractivity contribution in [3.05, 3.63) is 28.8 Å². The SMILES string of the molecule is FC(F)(F)c1cc(NC2=NCCS2)ccc1Cl. The molecule has 0 fully saturated rings. The second-order valence-corrected chi connectivity index (χ2v) is 4.84. The normalized spacial score (nSPS) is 15.9. The number of amidine groups is 1. The van der Waals surface area contributed by atoms with Crippen molar-refractivity contribution in [3.63, 3.8) is 0 Å². The minimum atomic E-state index is -4.45. The summed E-state index contributed by atoms with van der Waals surface area (Å²) in [5, 5.41) is 3.17. The van der Waals surface area contributed by atoms with Crippen molar-refractivity contribution < 1.29 is 13.2 Å². The van der Waals surface area contributed by atoms with Gasteiger partial charge in [0.2, 0.25) is 0 Å². The Morgan fingerprint density at radius 3 is 2.71 bits per heavy atom. The Kier molecular flexibility index (Phi) is 3.53. The summed E-state index contributed by atoms with van der Waals surface area (Å²) in [5.41, 5.74) is -0.498. The molecule has 17 heavy (non-hydrogen) atoms. The van der Waals surface area contributed by atoms with Crippen LogP contribution in [0.3, 0.4) is 0 Å². The van der Waals surface area contributed by atoms with Crippen molar-refractivity contribution >= 4 is 34.2 Å². The summed E-state index contributed by atoms with van der Waals surface area (Å²) < 4.78 is 37.8. The summed E-state index contributed by atoms with van der Waals surface area (Å²) in [6, 6.07) is 3.72. The minimum Gasteiger partial charge on any atom is -0.335 e. The molecule has 0 spiro atoms. The van der Waals surface area contributed by atoms with Crippen LogP contribution < -0.4 is 5.32 Å². The van der Waals surface area contributed by atoms with Gasteiger partial charge in [0.05, 0.1) is 17.1 Å². The molecule has 0 amide bonds. The van der Waals surface area contributed by atoms with Crippen LogP contribution in [0, 0.1) is 0 Å². The number of hydrogen-bond donors (Lipinski definition) is 1. The van der Waals surface area contributed by atoms with Gasteiger partial charge in [-0.2, -0.15) is 13.2 Å². The molecule has 1 N–H and O–H groups in total. The standard InChI is InChI=1S/C10H8ClF3N2S/c11-8-2-1-6(5-7(8)10(12,13)14)16-9-15-3-4-17-9/h1-2,5H,3-4H2,(H,15,16). The number of anilines is 1. The van der Waals surface area contributed by atoms with E-state index in [1.165, 1.54) is 23.9 Å². The van der Waals surface area contributed by atoms with E-state index < -0.39 is 11.7 Å². The zero-order valence-corrected chi connectivity index (χ0v) is 10.1. The average Bonchev–Trinajstić information content (AvgIpc) is 2.72. The molecule has 0 saturated carbocycles. The highest BCUT2D eigenvalue weighted by molar-refractivity contribution is 8.14. The molecule has 0 aliphatic carbocycles. The third-order valence-corrected chi connectivity index (χ3v) is 3.33. The Hall–Kier alpha value is -0.880. The second kappa shape index (κ2) is 4.78. The van der Waals surface area contributed by atoms with E-state index in [9.17, 15) is 13.2 Å². The smallest absolute Gasteiger partial charge is 0.335 e. The van der Waals surface area contributed by atoms with E-state index in [0.29, 0.717) is 17.4 Å². The van der Waals surface area contributed by atoms with Gasteiger partial charge in [-0.3, -0.25) is 4.99 Å². The third kappa shape index (κ3) is 3.07. The molecular weight excluding hydrogens is 273 g/mol. The predicted octanol–water partition coefficient (Wildman–Crippen LogP) is 3.87. The molecule has 1 aliphatic rings. The van der Waals surface area contributed by atoms with Gasteiger partial charge in [-0.25, -0.2) is 0 Å². The Bertz CT molecular complexity index is 459. The van der Waals surface area contributed by atoms with Crippen LogP contribution in [0.1, 0.15) is 5.56 Å². The number of thioether (sulfide) groups is 1. The minimum absolute atomic E-state index is 0.302. The fourth-order valence-electron chi connectivity index (χ4n) is 1.35. The maximum Gasteiger partial charge on any atom is 0.417 e. The van der Waals surface area contributed by atoms with Crippen molar-refractivity contribution in [2.45, 2.75) is 6.18 Å². The van der Waals surface area contributed by atoms with E-state index in [-0.39, 0.29) is 5.02 Å². The topological polar surface area (TPSA) is 24.4 Å². The first-order chi connectivity index (χ1) is 7.97. The summed E-state index contributed by atoms with van der Waals surface area (Å²) in [6.07, 6.45) is -4.45. The second-order valence-electron chi connectivity index (χ2n) is 3.35. The molecular formula is C10H8ClF3N2S. The van der Waals surface area contributed by atoms with Crippen LogP contribution in [0.4, 0.5) is 18.9 Å². The van der Waals surface area contributed by atoms with Crippen LogP contribution in [0.15, 0.2) is 23.2 Å². The van der Waals surface area contributed by atoms with Gasteiger partial charge >= 0.3 is 6.18 Å². The largest absolute Gasteiger partial charge is 0.417 e. The van der Waals surface area contributed by atoms with E-state index in [1.807, 2.05) is 0 Å². The molecule has 7 heteroatoms. The highest BCUT2D eigenvalue weighted by Gasteiger charge is 2.33. The molecule has 92 valence electrons. The van der Waals surface area contributed by atoms with Crippen molar-refractivity contribution in [1.29, 1.82) is 0 Å². The first kappa shape index (κ1) is 12.6. The highest BCUT2D eigenvalue weighted by atomic mass is 35.5. The maximum atomic E-state index is 12.6. The molecule has 0 saturated heterocycles. The molecule has 0 aromatic heterocycles. The van der Waals surface area contributed by atoms with E-state index in [2.05, 4.69) is 10.3 Å². The molecule has 0 bridgehead atoms. The zero-order chi connectivity index (χ0) is 12.5. The van der Waals surface area contributed by atoms with E-state index >= 15 is 0 Å². The Morgan fingerprint density at radius 1 is 1.35 bits per heavy atom. The van der Waals surface area contributed by atoms with Gasteiger partial charge in [0.25, 0.3) is 0 Å². The summed E-state index contributed by atoms with van der Waals surface area (Å²) in [5.74, 6) is 0.849. The molecule has 1 heterocycles. The Balaban J connectivity index is 2.24. The lowest BCUT2D eigenvalue weighted by Crippen LogP contribution is -2.09. The number of nitrogens with one attached hydrogen (secondary N) is 1. The first-order valence-electron chi connectivity index (χ1n) is 4.78. The highest BCUT2D eigenvalue weighted by Crippen LogP contribution is 2.36. The van der Waals surface area contributed by atoms with Gasteiger partial charge in [-0.15, -0.1) is 0 Å². The van der Waals surface area contributed by atoms with Crippen LogP contribution in [-0.4, -0.2) is 17.5 Å². The summed E-state index contributed by atoms with van der Waals surface area (Å²) >= 11 is 6.99. The maximum absolute atomic E-state index is 12.6. The van der Waals surface area contributed by atoms with Crippen LogP contribution in [0.5, 0.6) is 0 Å². The van der Waals surface area contributed by atoms with Crippen molar-refractivity contribution in [2.75, 3.05) is 17.6 Å². The zero-order valence-electron chi connectivity index (χ0n) is 8.51. The number of rotatable bonds is 1. The Labute approximate surface area is 105 Å². The van der Waals surface area contributed by atoms with Gasteiger partial charge in [0.1, 0.15) is 0 Å². The quantitative estimate of drug-likeness (QED) is 0.844. The number of nitrogens with zero attached hydrogens (tertiary/aromatic N) is 1. The lowest BCUT2D eigenvalue weighted by molar-refractivity contribution is -0.137. The van der Waals surface area contributed by atoms with Crippen molar-refractivity contribution in [3.8, 4) is 0 Å². The van der Waals surface area contributed by atoms with Gasteiger partial charge in [-0.05, 0) is 18.2 Å². The fourth-order valence-corrected chi connectivity index (χ4v) is 2.33. The molecule has 2 nitrogen and oxygen atoms in total. The molecule has 1 aromatic rings. The van der Waals surface area contributed by atoms with Gasteiger partial charge in [0.15, 0.2) is 5.17 Å². The number of alkyl halides is 3. The summed E-state index contributed by atoms with van der Waals surface area (Å²) in [7, 11) is 0. The summed E-state index contributed by atoms with van der Waals surface area (Å²) in [6.45, 7) is 0.687. The number of benzene rings is 1. The molecule has 1 aliphatic heterocycles. The van der Waals surface area contributed by atoms with Crippen LogP contribution >= 0.6 is 23.4 Å². The predicted molar refractivity (Wildman–Crippen MR) is 64.8 cm³/mol. The van der Waals surface area contributed by atoms with Gasteiger partial charge < -0.3 is 5.32 Å². The van der Waals surface area contributed by atoms with E-state index in [4.69, 9.17) is 11.6 Å². The molecule has 0 atom stereocenters. The van der Waals surface area contributed by atoms with Crippen LogP contribution in [0.25, 0.3) is 0 Å². The first-order valence-corrected chi connectivity index (χ1v) is 6.14.